The topological polar surface area (TPSA) is 47.0 Å². The van der Waals surface area contributed by atoms with E-state index < -0.39 is 17.4 Å². The van der Waals surface area contributed by atoms with E-state index in [4.69, 9.17) is 4.74 Å². The lowest BCUT2D eigenvalue weighted by Gasteiger charge is -2.10. The zero-order valence-electron chi connectivity index (χ0n) is 9.63. The van der Waals surface area contributed by atoms with Gasteiger partial charge in [-0.25, -0.2) is 8.78 Å². The summed E-state index contributed by atoms with van der Waals surface area (Å²) in [5.41, 5.74) is 0. The van der Waals surface area contributed by atoms with Crippen LogP contribution in [0, 0.1) is 0 Å². The van der Waals surface area contributed by atoms with Crippen molar-refractivity contribution < 1.29 is 22.3 Å². The van der Waals surface area contributed by atoms with E-state index in [0.29, 0.717) is 42.5 Å². The van der Waals surface area contributed by atoms with Gasteiger partial charge in [-0.1, -0.05) is 11.3 Å². The van der Waals surface area contributed by atoms with Gasteiger partial charge in [0, 0.05) is 26.6 Å². The molecule has 1 rings (SSSR count). The SMILES string of the molecule is COCCNCCc1nnc(C(F)(F)C(F)F)s1. The minimum Gasteiger partial charge on any atom is -0.383 e. The lowest BCUT2D eigenvalue weighted by molar-refractivity contribution is -0.135. The molecule has 18 heavy (non-hydrogen) atoms. The summed E-state index contributed by atoms with van der Waals surface area (Å²) in [7, 11) is 1.56. The van der Waals surface area contributed by atoms with E-state index in [-0.39, 0.29) is 0 Å². The van der Waals surface area contributed by atoms with Crippen LogP contribution in [-0.4, -0.2) is 43.4 Å². The Morgan fingerprint density at radius 3 is 2.67 bits per heavy atom. The number of halogens is 4. The summed E-state index contributed by atoms with van der Waals surface area (Å²) < 4.78 is 54.7. The second-order valence-corrected chi connectivity index (χ2v) is 4.48. The lowest BCUT2D eigenvalue weighted by Crippen LogP contribution is -2.23. The van der Waals surface area contributed by atoms with Gasteiger partial charge in [-0.05, 0) is 0 Å². The highest BCUT2D eigenvalue weighted by molar-refractivity contribution is 7.11. The Balaban J connectivity index is 2.44. The predicted molar refractivity (Wildman–Crippen MR) is 58.3 cm³/mol. The summed E-state index contributed by atoms with van der Waals surface area (Å²) in [6.45, 7) is 1.65. The molecule has 0 bridgehead atoms. The van der Waals surface area contributed by atoms with Crippen LogP contribution in [0.25, 0.3) is 0 Å². The van der Waals surface area contributed by atoms with E-state index in [9.17, 15) is 17.6 Å². The van der Waals surface area contributed by atoms with Gasteiger partial charge in [-0.15, -0.1) is 10.2 Å². The molecule has 9 heteroatoms. The normalized spacial score (nSPS) is 12.3. The zero-order valence-corrected chi connectivity index (χ0v) is 10.4. The molecule has 0 radical (unpaired) electrons. The summed E-state index contributed by atoms with van der Waals surface area (Å²) >= 11 is 0.508. The Morgan fingerprint density at radius 1 is 1.33 bits per heavy atom. The zero-order chi connectivity index (χ0) is 13.6. The van der Waals surface area contributed by atoms with Gasteiger partial charge < -0.3 is 10.1 Å². The lowest BCUT2D eigenvalue weighted by atomic mass is 10.4. The summed E-state index contributed by atoms with van der Waals surface area (Å²) in [4.78, 5) is 0. The Morgan fingerprint density at radius 2 is 2.06 bits per heavy atom. The average molecular weight is 287 g/mol. The number of nitrogens with zero attached hydrogens (tertiary/aromatic N) is 2. The highest BCUT2D eigenvalue weighted by Crippen LogP contribution is 2.36. The molecule has 0 unspecified atom stereocenters. The fourth-order valence-corrected chi connectivity index (χ4v) is 1.89. The van der Waals surface area contributed by atoms with Crippen LogP contribution < -0.4 is 5.32 Å². The number of ether oxygens (including phenoxy) is 1. The first-order valence-corrected chi connectivity index (χ1v) is 5.98. The maximum Gasteiger partial charge on any atom is 0.359 e. The van der Waals surface area contributed by atoms with E-state index in [1.807, 2.05) is 0 Å². The van der Waals surface area contributed by atoms with Gasteiger partial charge in [0.25, 0.3) is 0 Å². The minimum absolute atomic E-state index is 0.301. The second-order valence-electron chi connectivity index (χ2n) is 3.42. The molecule has 0 fully saturated rings. The van der Waals surface area contributed by atoms with E-state index in [1.54, 1.807) is 7.11 Å². The van der Waals surface area contributed by atoms with Crippen LogP contribution in [0.3, 0.4) is 0 Å². The van der Waals surface area contributed by atoms with Gasteiger partial charge >= 0.3 is 12.3 Å². The molecule has 0 aliphatic rings. The van der Waals surface area contributed by atoms with Crippen molar-refractivity contribution in [3.05, 3.63) is 10.0 Å². The van der Waals surface area contributed by atoms with Gasteiger partial charge in [-0.2, -0.15) is 8.78 Å². The van der Waals surface area contributed by atoms with E-state index in [0.717, 1.165) is 0 Å². The van der Waals surface area contributed by atoms with Gasteiger partial charge in [0.1, 0.15) is 5.01 Å². The third-order valence-corrected chi connectivity index (χ3v) is 3.09. The van der Waals surface area contributed by atoms with Crippen molar-refractivity contribution >= 4 is 11.3 Å². The molecule has 0 aliphatic carbocycles. The molecule has 0 atom stereocenters. The number of methoxy groups -OCH3 is 1. The Bertz CT molecular complexity index is 361. The Kier molecular flexibility index (Phi) is 5.89. The van der Waals surface area contributed by atoms with Gasteiger partial charge in [-0.3, -0.25) is 0 Å². The fraction of sp³-hybridized carbons (Fsp3) is 0.778. The number of aromatic nitrogens is 2. The molecular formula is C9H13F4N3OS. The molecule has 104 valence electrons. The monoisotopic (exact) mass is 287 g/mol. The van der Waals surface area contributed by atoms with Gasteiger partial charge in [0.15, 0.2) is 5.01 Å². The quantitative estimate of drug-likeness (QED) is 0.583. The van der Waals surface area contributed by atoms with Crippen molar-refractivity contribution in [1.82, 2.24) is 15.5 Å². The Hall–Kier alpha value is -0.800. The molecule has 1 heterocycles. The third-order valence-electron chi connectivity index (χ3n) is 2.02. The van der Waals surface area contributed by atoms with E-state index in [2.05, 4.69) is 15.5 Å². The van der Waals surface area contributed by atoms with Crippen LogP contribution in [0.2, 0.25) is 0 Å². The van der Waals surface area contributed by atoms with Crippen LogP contribution in [0.1, 0.15) is 10.0 Å². The van der Waals surface area contributed by atoms with Gasteiger partial charge in [0.05, 0.1) is 6.61 Å². The van der Waals surface area contributed by atoms with Crippen molar-refractivity contribution in [3.63, 3.8) is 0 Å². The number of rotatable bonds is 8. The highest BCUT2D eigenvalue weighted by atomic mass is 32.1. The maximum atomic E-state index is 12.9. The van der Waals surface area contributed by atoms with Crippen molar-refractivity contribution in [2.45, 2.75) is 18.8 Å². The largest absolute Gasteiger partial charge is 0.383 e. The van der Waals surface area contributed by atoms with Crippen LogP contribution >= 0.6 is 11.3 Å². The first-order chi connectivity index (χ1) is 8.48. The van der Waals surface area contributed by atoms with Crippen LogP contribution in [0.5, 0.6) is 0 Å². The van der Waals surface area contributed by atoms with Crippen molar-refractivity contribution in [2.75, 3.05) is 26.8 Å². The van der Waals surface area contributed by atoms with Crippen LogP contribution in [-0.2, 0) is 17.1 Å². The smallest absolute Gasteiger partial charge is 0.359 e. The van der Waals surface area contributed by atoms with E-state index >= 15 is 0 Å². The van der Waals surface area contributed by atoms with Crippen molar-refractivity contribution in [3.8, 4) is 0 Å². The number of nitrogens with one attached hydrogen (secondary N) is 1. The molecule has 1 aromatic rings. The molecule has 1 aromatic heterocycles. The van der Waals surface area contributed by atoms with Crippen LogP contribution in [0.4, 0.5) is 17.6 Å². The van der Waals surface area contributed by atoms with Crippen molar-refractivity contribution in [1.29, 1.82) is 0 Å². The molecule has 0 spiro atoms. The Labute approximate surface area is 105 Å². The molecular weight excluding hydrogens is 274 g/mol. The summed E-state index contributed by atoms with van der Waals surface area (Å²) in [5.74, 6) is -4.22. The number of alkyl halides is 4. The standard InChI is InChI=1S/C9H13F4N3OS/c1-17-5-4-14-3-2-6-15-16-8(18-6)9(12,13)7(10)11/h7,14H,2-5H2,1H3. The molecule has 1 N–H and O–H groups in total. The summed E-state index contributed by atoms with van der Waals surface area (Å²) in [6, 6.07) is 0. The first-order valence-electron chi connectivity index (χ1n) is 5.17. The molecule has 4 nitrogen and oxygen atoms in total. The highest BCUT2D eigenvalue weighted by Gasteiger charge is 2.46. The first kappa shape index (κ1) is 15.3. The average Bonchev–Trinajstić information content (AvgIpc) is 2.78. The molecule has 0 aromatic carbocycles. The summed E-state index contributed by atoms with van der Waals surface area (Å²) in [5, 5.41) is 8.92. The molecule has 0 saturated heterocycles. The predicted octanol–water partition coefficient (Wildman–Crippen LogP) is 1.67. The number of hydrogen-bond donors (Lipinski definition) is 1. The molecule has 0 amide bonds. The maximum absolute atomic E-state index is 12.9. The third kappa shape index (κ3) is 4.14. The molecule has 0 saturated carbocycles. The van der Waals surface area contributed by atoms with E-state index in [1.165, 1.54) is 0 Å². The van der Waals surface area contributed by atoms with Crippen LogP contribution in [0.15, 0.2) is 0 Å². The second kappa shape index (κ2) is 6.95. The van der Waals surface area contributed by atoms with Crippen molar-refractivity contribution in [2.24, 2.45) is 0 Å². The summed E-state index contributed by atoms with van der Waals surface area (Å²) in [6.07, 6.45) is -3.40. The minimum atomic E-state index is -4.22. The van der Waals surface area contributed by atoms with Gasteiger partial charge in [0.2, 0.25) is 0 Å². The fourth-order valence-electron chi connectivity index (χ4n) is 1.08. The molecule has 0 aliphatic heterocycles. The number of hydrogen-bond acceptors (Lipinski definition) is 5.